The Balaban J connectivity index is 2.71. The van der Waals surface area contributed by atoms with Crippen molar-refractivity contribution >= 4 is 5.95 Å². The third kappa shape index (κ3) is 1.67. The molecular formula is C6H9N5. The summed E-state index contributed by atoms with van der Waals surface area (Å²) in [6, 6.07) is 2.01. The van der Waals surface area contributed by atoms with Gasteiger partial charge < -0.3 is 5.73 Å². The molecule has 0 aliphatic heterocycles. The Morgan fingerprint density at radius 2 is 2.45 bits per heavy atom. The Morgan fingerprint density at radius 1 is 1.73 bits per heavy atom. The fourth-order valence-electron chi connectivity index (χ4n) is 0.792. The van der Waals surface area contributed by atoms with Crippen LogP contribution in [0.25, 0.3) is 0 Å². The topological polar surface area (TPSA) is 80.5 Å². The molecule has 0 radical (unpaired) electrons. The first-order valence-corrected chi connectivity index (χ1v) is 3.28. The van der Waals surface area contributed by atoms with E-state index in [9.17, 15) is 0 Å². The molecule has 0 bridgehead atoms. The second kappa shape index (κ2) is 3.01. The van der Waals surface area contributed by atoms with Crippen LogP contribution in [-0.2, 0) is 6.54 Å². The van der Waals surface area contributed by atoms with E-state index >= 15 is 0 Å². The summed E-state index contributed by atoms with van der Waals surface area (Å²) < 4.78 is 1.53. The molecule has 0 aromatic carbocycles. The lowest BCUT2D eigenvalue weighted by molar-refractivity contribution is 0.631. The molecule has 58 valence electrons. The van der Waals surface area contributed by atoms with Crippen LogP contribution < -0.4 is 5.73 Å². The van der Waals surface area contributed by atoms with E-state index in [1.807, 2.05) is 6.07 Å². The summed E-state index contributed by atoms with van der Waals surface area (Å²) in [6.45, 7) is 2.28. The maximum absolute atomic E-state index is 8.27. The van der Waals surface area contributed by atoms with E-state index in [0.717, 1.165) is 0 Å². The first-order valence-electron chi connectivity index (χ1n) is 3.28. The highest BCUT2D eigenvalue weighted by atomic mass is 15.4. The van der Waals surface area contributed by atoms with Gasteiger partial charge in [-0.05, 0) is 6.92 Å². The van der Waals surface area contributed by atoms with Gasteiger partial charge in [0.1, 0.15) is 5.82 Å². The molecule has 0 atom stereocenters. The van der Waals surface area contributed by atoms with E-state index in [4.69, 9.17) is 11.0 Å². The minimum absolute atomic E-state index is 0.373. The second-order valence-corrected chi connectivity index (χ2v) is 2.15. The van der Waals surface area contributed by atoms with Gasteiger partial charge in [-0.1, -0.05) is 0 Å². The van der Waals surface area contributed by atoms with Gasteiger partial charge in [-0.25, -0.2) is 4.68 Å². The largest absolute Gasteiger partial charge is 0.368 e. The Hall–Kier alpha value is -1.57. The zero-order valence-electron chi connectivity index (χ0n) is 6.28. The Kier molecular flexibility index (Phi) is 2.06. The summed E-state index contributed by atoms with van der Waals surface area (Å²) in [5.41, 5.74) is 5.46. The molecule has 1 heterocycles. The molecule has 2 N–H and O–H groups in total. The standard InChI is InChI=1S/C6H9N5/c1-5-9-6(8)11(10-5)4-2-3-7/h2,4H2,1H3,(H2,8,9,10). The van der Waals surface area contributed by atoms with Crippen LogP contribution in [-0.4, -0.2) is 14.8 Å². The number of hydrogen-bond acceptors (Lipinski definition) is 4. The molecule has 0 unspecified atom stereocenters. The predicted molar refractivity (Wildman–Crippen MR) is 39.4 cm³/mol. The fourth-order valence-corrected chi connectivity index (χ4v) is 0.792. The van der Waals surface area contributed by atoms with Crippen molar-refractivity contribution in [1.82, 2.24) is 14.8 Å². The molecule has 5 heteroatoms. The smallest absolute Gasteiger partial charge is 0.218 e. The zero-order chi connectivity index (χ0) is 8.27. The lowest BCUT2D eigenvalue weighted by Crippen LogP contribution is -2.04. The van der Waals surface area contributed by atoms with Crippen molar-refractivity contribution in [1.29, 1.82) is 5.26 Å². The van der Waals surface area contributed by atoms with Crippen molar-refractivity contribution < 1.29 is 0 Å². The van der Waals surface area contributed by atoms with Gasteiger partial charge in [0, 0.05) is 0 Å². The molecule has 0 amide bonds. The molecule has 1 aromatic heterocycles. The molecular weight excluding hydrogens is 142 g/mol. The molecule has 11 heavy (non-hydrogen) atoms. The monoisotopic (exact) mass is 151 g/mol. The Bertz CT molecular complexity index is 282. The summed E-state index contributed by atoms with van der Waals surface area (Å²) in [7, 11) is 0. The molecule has 1 aromatic rings. The predicted octanol–water partition coefficient (Wildman–Crippen LogP) is 0.0824. The van der Waals surface area contributed by atoms with Gasteiger partial charge in [0.25, 0.3) is 0 Å². The molecule has 0 aliphatic rings. The minimum Gasteiger partial charge on any atom is -0.368 e. The second-order valence-electron chi connectivity index (χ2n) is 2.15. The van der Waals surface area contributed by atoms with Crippen LogP contribution >= 0.6 is 0 Å². The van der Waals surface area contributed by atoms with E-state index in [-0.39, 0.29) is 0 Å². The average Bonchev–Trinajstić information content (AvgIpc) is 2.26. The van der Waals surface area contributed by atoms with Crippen molar-refractivity contribution in [2.75, 3.05) is 5.73 Å². The van der Waals surface area contributed by atoms with Crippen molar-refractivity contribution in [3.63, 3.8) is 0 Å². The van der Waals surface area contributed by atoms with Crippen LogP contribution in [0.3, 0.4) is 0 Å². The average molecular weight is 151 g/mol. The normalized spacial score (nSPS) is 9.45. The number of nitrogens with zero attached hydrogens (tertiary/aromatic N) is 4. The van der Waals surface area contributed by atoms with Gasteiger partial charge in [-0.2, -0.15) is 15.3 Å². The van der Waals surface area contributed by atoms with Crippen LogP contribution in [0.15, 0.2) is 0 Å². The number of aromatic nitrogens is 3. The fraction of sp³-hybridized carbons (Fsp3) is 0.500. The summed E-state index contributed by atoms with van der Waals surface area (Å²) in [5, 5.41) is 12.3. The number of rotatable bonds is 2. The van der Waals surface area contributed by atoms with Gasteiger partial charge in [0.15, 0.2) is 0 Å². The summed E-state index contributed by atoms with van der Waals surface area (Å²) in [5.74, 6) is 1.01. The first-order chi connectivity index (χ1) is 5.24. The Morgan fingerprint density at radius 3 is 2.91 bits per heavy atom. The zero-order valence-corrected chi connectivity index (χ0v) is 6.28. The molecule has 0 spiro atoms. The number of nitriles is 1. The molecule has 0 aliphatic carbocycles. The Labute approximate surface area is 64.5 Å². The summed E-state index contributed by atoms with van der Waals surface area (Å²) >= 11 is 0. The number of aryl methyl sites for hydroxylation is 2. The highest BCUT2D eigenvalue weighted by molar-refractivity contribution is 5.15. The number of hydrogen-bond donors (Lipinski definition) is 1. The third-order valence-corrected chi connectivity index (χ3v) is 1.24. The van der Waals surface area contributed by atoms with Crippen LogP contribution in [0.2, 0.25) is 0 Å². The van der Waals surface area contributed by atoms with E-state index in [0.29, 0.717) is 24.7 Å². The summed E-state index contributed by atoms with van der Waals surface area (Å²) in [6.07, 6.45) is 0.410. The summed E-state index contributed by atoms with van der Waals surface area (Å²) in [4.78, 5) is 3.88. The SMILES string of the molecule is Cc1nc(N)n(CCC#N)n1. The van der Waals surface area contributed by atoms with E-state index in [1.54, 1.807) is 6.92 Å². The number of nitrogens with two attached hydrogens (primary N) is 1. The van der Waals surface area contributed by atoms with Crippen LogP contribution in [0.4, 0.5) is 5.95 Å². The van der Waals surface area contributed by atoms with Crippen molar-refractivity contribution in [2.24, 2.45) is 0 Å². The van der Waals surface area contributed by atoms with E-state index in [2.05, 4.69) is 10.1 Å². The molecule has 0 saturated heterocycles. The quantitative estimate of drug-likeness (QED) is 0.649. The third-order valence-electron chi connectivity index (χ3n) is 1.24. The lowest BCUT2D eigenvalue weighted by atomic mass is 10.5. The molecule has 0 saturated carbocycles. The van der Waals surface area contributed by atoms with Gasteiger partial charge in [-0.15, -0.1) is 0 Å². The van der Waals surface area contributed by atoms with Crippen molar-refractivity contribution in [3.8, 4) is 6.07 Å². The number of nitrogen functional groups attached to an aromatic ring is 1. The van der Waals surface area contributed by atoms with Gasteiger partial charge >= 0.3 is 0 Å². The van der Waals surface area contributed by atoms with Crippen molar-refractivity contribution in [3.05, 3.63) is 5.82 Å². The van der Waals surface area contributed by atoms with Crippen LogP contribution in [0.1, 0.15) is 12.2 Å². The van der Waals surface area contributed by atoms with Crippen LogP contribution in [0, 0.1) is 18.3 Å². The van der Waals surface area contributed by atoms with Gasteiger partial charge in [0.2, 0.25) is 5.95 Å². The minimum atomic E-state index is 0.373. The molecule has 1 rings (SSSR count). The van der Waals surface area contributed by atoms with Crippen molar-refractivity contribution in [2.45, 2.75) is 19.9 Å². The maximum atomic E-state index is 8.27. The highest BCUT2D eigenvalue weighted by Crippen LogP contribution is 1.99. The highest BCUT2D eigenvalue weighted by Gasteiger charge is 2.00. The van der Waals surface area contributed by atoms with E-state index in [1.165, 1.54) is 4.68 Å². The van der Waals surface area contributed by atoms with Gasteiger partial charge in [0.05, 0.1) is 19.0 Å². The number of anilines is 1. The lowest BCUT2D eigenvalue weighted by Gasteiger charge is -1.95. The molecule has 0 fully saturated rings. The van der Waals surface area contributed by atoms with Gasteiger partial charge in [-0.3, -0.25) is 0 Å². The maximum Gasteiger partial charge on any atom is 0.218 e. The van der Waals surface area contributed by atoms with E-state index < -0.39 is 0 Å². The molecule has 5 nitrogen and oxygen atoms in total. The first kappa shape index (κ1) is 7.54. The van der Waals surface area contributed by atoms with Crippen LogP contribution in [0.5, 0.6) is 0 Å².